The van der Waals surface area contributed by atoms with Gasteiger partial charge in [0.25, 0.3) is 0 Å². The molecule has 0 spiro atoms. The maximum Gasteiger partial charge on any atom is 0.413 e. The van der Waals surface area contributed by atoms with Gasteiger partial charge in [0.05, 0.1) is 5.25 Å². The second kappa shape index (κ2) is 6.72. The van der Waals surface area contributed by atoms with Gasteiger partial charge in [0, 0.05) is 11.3 Å². The summed E-state index contributed by atoms with van der Waals surface area (Å²) >= 11 is 0. The number of amidine groups is 1. The summed E-state index contributed by atoms with van der Waals surface area (Å²) in [5, 5.41) is 0.678. The van der Waals surface area contributed by atoms with Crippen molar-refractivity contribution in [2.75, 3.05) is 5.73 Å². The Morgan fingerprint density at radius 2 is 2.04 bits per heavy atom. The van der Waals surface area contributed by atoms with E-state index in [9.17, 15) is 17.6 Å². The summed E-state index contributed by atoms with van der Waals surface area (Å²) in [4.78, 5) is 16.8. The predicted octanol–water partition coefficient (Wildman–Crippen LogP) is 2.90. The Balaban J connectivity index is 2.12. The largest absolute Gasteiger partial charge is 0.444 e. The van der Waals surface area contributed by atoms with E-state index in [-0.39, 0.29) is 11.4 Å². The third-order valence-corrected chi connectivity index (χ3v) is 7.92. The molecule has 3 N–H and O–H groups in total. The van der Waals surface area contributed by atoms with Gasteiger partial charge >= 0.3 is 6.09 Å². The van der Waals surface area contributed by atoms with Gasteiger partial charge in [-0.1, -0.05) is 6.42 Å². The van der Waals surface area contributed by atoms with Gasteiger partial charge in [-0.05, 0) is 58.7 Å². The first-order chi connectivity index (χ1) is 12.8. The van der Waals surface area contributed by atoms with Gasteiger partial charge < -0.3 is 10.5 Å². The number of amides is 1. The summed E-state index contributed by atoms with van der Waals surface area (Å²) < 4.78 is 46.4. The number of ether oxygens (including phenoxy) is 1. The quantitative estimate of drug-likeness (QED) is 0.690. The Morgan fingerprint density at radius 3 is 2.68 bits per heavy atom. The molecule has 1 fully saturated rings. The molecule has 0 aliphatic carbocycles. The van der Waals surface area contributed by atoms with Crippen LogP contribution in [0.1, 0.15) is 52.5 Å². The molecule has 28 heavy (non-hydrogen) atoms. The van der Waals surface area contributed by atoms with E-state index < -0.39 is 43.4 Å². The van der Waals surface area contributed by atoms with Crippen molar-refractivity contribution in [2.45, 2.75) is 68.6 Å². The summed E-state index contributed by atoms with van der Waals surface area (Å²) in [5.41, 5.74) is 4.07. The van der Waals surface area contributed by atoms with E-state index in [0.29, 0.717) is 24.9 Å². The standard InChI is InChI=1S/C19H26FN3O4S/c1-18(2,3)27-17(24)22-16-14-6-5-7-15(28(14,25)26)19(4,23-16)12-10-11(21)8-9-13(12)20/h8-10,14-15H,5-7,21H2,1-4H3,(H,22,23,24)/t14-,15+,19-/m1/s1. The summed E-state index contributed by atoms with van der Waals surface area (Å²) in [7, 11) is -3.70. The maximum absolute atomic E-state index is 14.7. The van der Waals surface area contributed by atoms with Crippen LogP contribution in [0.4, 0.5) is 14.9 Å². The molecule has 0 radical (unpaired) electrons. The van der Waals surface area contributed by atoms with Crippen LogP contribution < -0.4 is 11.1 Å². The molecule has 2 aliphatic rings. The van der Waals surface area contributed by atoms with E-state index in [1.165, 1.54) is 18.2 Å². The number of alkyl carbamates (subject to hydrolysis) is 1. The lowest BCUT2D eigenvalue weighted by atomic mass is 9.84. The molecule has 9 heteroatoms. The van der Waals surface area contributed by atoms with E-state index in [1.807, 2.05) is 0 Å². The fraction of sp³-hybridized carbons (Fsp3) is 0.579. The van der Waals surface area contributed by atoms with Crippen molar-refractivity contribution in [2.24, 2.45) is 4.99 Å². The number of hydrogen-bond donors (Lipinski definition) is 2. The van der Waals surface area contributed by atoms with Crippen molar-refractivity contribution in [3.63, 3.8) is 0 Å². The lowest BCUT2D eigenvalue weighted by Gasteiger charge is -2.44. The minimum atomic E-state index is -3.70. The van der Waals surface area contributed by atoms with Crippen molar-refractivity contribution < 1.29 is 22.3 Å². The topological polar surface area (TPSA) is 111 Å². The van der Waals surface area contributed by atoms with Gasteiger partial charge in [-0.3, -0.25) is 10.3 Å². The highest BCUT2D eigenvalue weighted by atomic mass is 32.2. The lowest BCUT2D eigenvalue weighted by molar-refractivity contribution is 0.0561. The smallest absolute Gasteiger partial charge is 0.413 e. The Hall–Kier alpha value is -2.16. The fourth-order valence-corrected chi connectivity index (χ4v) is 6.61. The van der Waals surface area contributed by atoms with Gasteiger partial charge in [-0.25, -0.2) is 17.6 Å². The van der Waals surface area contributed by atoms with Crippen LogP contribution in [0.5, 0.6) is 0 Å². The van der Waals surface area contributed by atoms with Crippen LogP contribution in [-0.4, -0.2) is 36.4 Å². The number of nitrogens with two attached hydrogens (primary N) is 1. The SMILES string of the molecule is CC(C)(C)OC(=O)NC1=N[C@](C)(c2cc(N)ccc2F)[C@@H]2CCC[C@H]1S2(=O)=O. The van der Waals surface area contributed by atoms with Crippen LogP contribution in [0.2, 0.25) is 0 Å². The van der Waals surface area contributed by atoms with Crippen LogP contribution in [-0.2, 0) is 20.1 Å². The Labute approximate surface area is 164 Å². The molecule has 2 aliphatic heterocycles. The zero-order chi connectivity index (χ0) is 20.9. The highest BCUT2D eigenvalue weighted by Crippen LogP contribution is 2.46. The van der Waals surface area contributed by atoms with Gasteiger partial charge in [0.15, 0.2) is 9.84 Å². The minimum Gasteiger partial charge on any atom is -0.444 e. The van der Waals surface area contributed by atoms with Crippen LogP contribution in [0.15, 0.2) is 23.2 Å². The average Bonchev–Trinajstić information content (AvgIpc) is 2.52. The number of sulfone groups is 1. The number of carbonyl (C=O) groups is 1. The number of aliphatic imine (C=N–C) groups is 1. The van der Waals surface area contributed by atoms with Gasteiger partial charge in [-0.2, -0.15) is 0 Å². The highest BCUT2D eigenvalue weighted by molar-refractivity contribution is 7.93. The lowest BCUT2D eigenvalue weighted by Crippen LogP contribution is -2.59. The number of nitrogen functional groups attached to an aromatic ring is 1. The molecule has 3 atom stereocenters. The number of fused-ring (bicyclic) bond motifs is 2. The molecule has 1 amide bonds. The summed E-state index contributed by atoms with van der Waals surface area (Å²) in [5.74, 6) is -0.592. The van der Waals surface area contributed by atoms with Crippen LogP contribution in [0.3, 0.4) is 0 Å². The van der Waals surface area contributed by atoms with E-state index in [0.717, 1.165) is 0 Å². The Bertz CT molecular complexity index is 939. The number of halogens is 1. The predicted molar refractivity (Wildman–Crippen MR) is 105 cm³/mol. The molecule has 2 heterocycles. The monoisotopic (exact) mass is 411 g/mol. The van der Waals surface area contributed by atoms with Crippen molar-refractivity contribution >= 4 is 27.5 Å². The summed E-state index contributed by atoms with van der Waals surface area (Å²) in [6.45, 7) is 6.68. The maximum atomic E-state index is 14.7. The zero-order valence-electron chi connectivity index (χ0n) is 16.5. The number of nitrogens with one attached hydrogen (secondary N) is 1. The van der Waals surface area contributed by atoms with E-state index in [1.54, 1.807) is 27.7 Å². The molecule has 2 bridgehead atoms. The second-order valence-electron chi connectivity index (χ2n) is 8.51. The first-order valence-electron chi connectivity index (χ1n) is 9.22. The zero-order valence-corrected chi connectivity index (χ0v) is 17.3. The van der Waals surface area contributed by atoms with Gasteiger partial charge in [0.1, 0.15) is 28.0 Å². The van der Waals surface area contributed by atoms with E-state index >= 15 is 0 Å². The second-order valence-corrected chi connectivity index (χ2v) is 10.8. The Kier molecular flexibility index (Phi) is 4.94. The van der Waals surface area contributed by atoms with Crippen LogP contribution in [0.25, 0.3) is 0 Å². The number of nitrogens with zero attached hydrogens (tertiary/aromatic N) is 1. The number of carbonyl (C=O) groups excluding carboxylic acids is 1. The minimum absolute atomic E-state index is 0.00507. The third-order valence-electron chi connectivity index (χ3n) is 5.18. The van der Waals surface area contributed by atoms with Crippen molar-refractivity contribution in [1.82, 2.24) is 5.32 Å². The molecule has 1 aromatic rings. The first kappa shape index (κ1) is 20.6. The van der Waals surface area contributed by atoms with Crippen LogP contribution >= 0.6 is 0 Å². The Morgan fingerprint density at radius 1 is 1.36 bits per heavy atom. The van der Waals surface area contributed by atoms with E-state index in [4.69, 9.17) is 10.5 Å². The van der Waals surface area contributed by atoms with Crippen molar-refractivity contribution in [3.8, 4) is 0 Å². The molecule has 1 saturated heterocycles. The molecule has 0 unspecified atom stereocenters. The molecular weight excluding hydrogens is 385 g/mol. The van der Waals surface area contributed by atoms with Crippen molar-refractivity contribution in [1.29, 1.82) is 0 Å². The van der Waals surface area contributed by atoms with Gasteiger partial charge in [0.2, 0.25) is 0 Å². The molecule has 7 nitrogen and oxygen atoms in total. The first-order valence-corrected chi connectivity index (χ1v) is 10.8. The van der Waals surface area contributed by atoms with E-state index in [2.05, 4.69) is 10.3 Å². The summed E-state index contributed by atoms with van der Waals surface area (Å²) in [6.07, 6.45) is 0.555. The molecular formula is C19H26FN3O4S. The fourth-order valence-electron chi connectivity index (χ4n) is 3.98. The average molecular weight is 411 g/mol. The molecule has 0 saturated carbocycles. The number of anilines is 1. The van der Waals surface area contributed by atoms with Crippen molar-refractivity contribution in [3.05, 3.63) is 29.6 Å². The number of hydrogen-bond acceptors (Lipinski definition) is 6. The molecule has 3 rings (SSSR count). The number of benzene rings is 1. The normalized spacial score (nSPS) is 29.0. The van der Waals surface area contributed by atoms with Gasteiger partial charge in [-0.15, -0.1) is 0 Å². The molecule has 1 aromatic carbocycles. The third kappa shape index (κ3) is 3.59. The summed E-state index contributed by atoms with van der Waals surface area (Å²) in [6, 6.07) is 4.02. The molecule has 154 valence electrons. The van der Waals surface area contributed by atoms with Crippen LogP contribution in [0, 0.1) is 5.82 Å². The number of rotatable bonds is 1. The highest BCUT2D eigenvalue weighted by Gasteiger charge is 2.55. The molecule has 0 aromatic heterocycles.